The topological polar surface area (TPSA) is 86.1 Å². The Morgan fingerprint density at radius 1 is 1.17 bits per heavy atom. The van der Waals surface area contributed by atoms with Gasteiger partial charge in [0.2, 0.25) is 0 Å². The average molecular weight is 443 g/mol. The summed E-state index contributed by atoms with van der Waals surface area (Å²) in [5.74, 6) is 1.74. The van der Waals surface area contributed by atoms with E-state index >= 15 is 0 Å². The molecular weight excluding hydrogens is 424 g/mol. The van der Waals surface area contributed by atoms with Gasteiger partial charge in [0.05, 0.1) is 16.7 Å². The molecule has 0 radical (unpaired) electrons. The van der Waals surface area contributed by atoms with E-state index in [1.54, 1.807) is 12.4 Å². The van der Waals surface area contributed by atoms with Crippen molar-refractivity contribution in [1.29, 1.82) is 0 Å². The number of oxazole rings is 1. The molecule has 0 bridgehead atoms. The van der Waals surface area contributed by atoms with Crippen LogP contribution in [0, 0.1) is 0 Å². The third kappa shape index (κ3) is 4.30. The highest BCUT2D eigenvalue weighted by molar-refractivity contribution is 7.99. The molecule has 4 aromatic rings. The van der Waals surface area contributed by atoms with Gasteiger partial charge in [-0.25, -0.2) is 9.97 Å². The molecule has 1 N–H and O–H groups in total. The van der Waals surface area contributed by atoms with Gasteiger partial charge in [-0.15, -0.1) is 0 Å². The monoisotopic (exact) mass is 442 g/mol. The lowest BCUT2D eigenvalue weighted by Crippen LogP contribution is -2.14. The lowest BCUT2D eigenvalue weighted by atomic mass is 10.0. The van der Waals surface area contributed by atoms with E-state index in [0.717, 1.165) is 59.3 Å². The van der Waals surface area contributed by atoms with Crippen LogP contribution < -0.4 is 4.74 Å². The van der Waals surface area contributed by atoms with Crippen LogP contribution in [0.25, 0.3) is 10.9 Å². The van der Waals surface area contributed by atoms with Crippen LogP contribution in [-0.2, 0) is 11.3 Å². The highest BCUT2D eigenvalue weighted by Gasteiger charge is 2.24. The highest BCUT2D eigenvalue weighted by Crippen LogP contribution is 2.35. The summed E-state index contributed by atoms with van der Waals surface area (Å²) in [4.78, 5) is 9.13. The zero-order chi connectivity index (χ0) is 20.3. The SMILES string of the molecule is Clc1ccc(Sc2oc(C3CCOCC3)nc2COc2ccc3[nH]ncc3c2)nc1. The number of fused-ring (bicyclic) bond motifs is 1. The van der Waals surface area contributed by atoms with Gasteiger partial charge in [0.15, 0.2) is 11.0 Å². The number of ether oxygens (including phenoxy) is 2. The molecule has 0 aliphatic carbocycles. The summed E-state index contributed by atoms with van der Waals surface area (Å²) < 4.78 is 17.7. The first kappa shape index (κ1) is 19.4. The molecule has 0 atom stereocenters. The average Bonchev–Trinajstić information content (AvgIpc) is 3.41. The molecule has 0 spiro atoms. The Bertz CT molecular complexity index is 1140. The van der Waals surface area contributed by atoms with Gasteiger partial charge in [0.1, 0.15) is 23.1 Å². The Morgan fingerprint density at radius 3 is 2.90 bits per heavy atom. The number of pyridine rings is 1. The molecule has 1 aliphatic rings. The highest BCUT2D eigenvalue weighted by atomic mass is 35.5. The van der Waals surface area contributed by atoms with Gasteiger partial charge in [-0.05, 0) is 54.9 Å². The van der Waals surface area contributed by atoms with E-state index < -0.39 is 0 Å². The zero-order valence-corrected chi connectivity index (χ0v) is 17.6. The predicted molar refractivity (Wildman–Crippen MR) is 113 cm³/mol. The van der Waals surface area contributed by atoms with E-state index in [-0.39, 0.29) is 5.92 Å². The van der Waals surface area contributed by atoms with E-state index in [9.17, 15) is 0 Å². The maximum Gasteiger partial charge on any atom is 0.199 e. The Balaban J connectivity index is 1.38. The van der Waals surface area contributed by atoms with Gasteiger partial charge in [-0.2, -0.15) is 5.10 Å². The zero-order valence-electron chi connectivity index (χ0n) is 16.0. The van der Waals surface area contributed by atoms with Crippen LogP contribution in [0.3, 0.4) is 0 Å². The van der Waals surface area contributed by atoms with Gasteiger partial charge in [-0.3, -0.25) is 5.10 Å². The summed E-state index contributed by atoms with van der Waals surface area (Å²) in [5, 5.41) is 10.1. The van der Waals surface area contributed by atoms with Crippen LogP contribution in [-0.4, -0.2) is 33.4 Å². The third-order valence-electron chi connectivity index (χ3n) is 4.93. The normalized spacial score (nSPS) is 15.0. The maximum atomic E-state index is 6.16. The third-order valence-corrected chi connectivity index (χ3v) is 6.11. The van der Waals surface area contributed by atoms with Gasteiger partial charge in [-0.1, -0.05) is 11.6 Å². The number of hydrogen-bond donors (Lipinski definition) is 1. The number of rotatable bonds is 6. The van der Waals surface area contributed by atoms with Crippen molar-refractivity contribution in [2.24, 2.45) is 0 Å². The molecule has 154 valence electrons. The molecule has 9 heteroatoms. The van der Waals surface area contributed by atoms with Crippen molar-refractivity contribution in [2.75, 3.05) is 13.2 Å². The largest absolute Gasteiger partial charge is 0.487 e. The molecule has 30 heavy (non-hydrogen) atoms. The maximum absolute atomic E-state index is 6.16. The van der Waals surface area contributed by atoms with E-state index in [0.29, 0.717) is 16.7 Å². The number of nitrogens with one attached hydrogen (secondary N) is 1. The number of hydrogen-bond acceptors (Lipinski definition) is 7. The number of halogens is 1. The Kier molecular flexibility index (Phi) is 5.61. The molecule has 1 aliphatic heterocycles. The fourth-order valence-corrected chi connectivity index (χ4v) is 4.22. The van der Waals surface area contributed by atoms with Crippen molar-refractivity contribution in [3.8, 4) is 5.75 Å². The van der Waals surface area contributed by atoms with Gasteiger partial charge >= 0.3 is 0 Å². The predicted octanol–water partition coefficient (Wildman–Crippen LogP) is 5.22. The van der Waals surface area contributed by atoms with E-state index in [1.165, 1.54) is 11.8 Å². The van der Waals surface area contributed by atoms with Crippen LogP contribution in [0.15, 0.2) is 57.3 Å². The molecule has 0 unspecified atom stereocenters. The Labute approximate surface area is 182 Å². The first-order chi connectivity index (χ1) is 14.7. The Hall–Kier alpha value is -2.55. The number of nitrogens with zero attached hydrogens (tertiary/aromatic N) is 3. The second kappa shape index (κ2) is 8.67. The lowest BCUT2D eigenvalue weighted by Gasteiger charge is -2.18. The van der Waals surface area contributed by atoms with Crippen LogP contribution in [0.5, 0.6) is 5.75 Å². The molecule has 4 heterocycles. The van der Waals surface area contributed by atoms with Crippen molar-refractivity contribution in [3.63, 3.8) is 0 Å². The summed E-state index contributed by atoms with van der Waals surface area (Å²) in [7, 11) is 0. The minimum Gasteiger partial charge on any atom is -0.487 e. The molecule has 1 aromatic carbocycles. The molecule has 5 rings (SSSR count). The first-order valence-electron chi connectivity index (χ1n) is 9.67. The summed E-state index contributed by atoms with van der Waals surface area (Å²) in [6, 6.07) is 9.48. The number of aromatic nitrogens is 4. The molecule has 0 saturated carbocycles. The fourth-order valence-electron chi connectivity index (χ4n) is 3.33. The number of H-pyrrole nitrogens is 1. The lowest BCUT2D eigenvalue weighted by molar-refractivity contribution is 0.0786. The van der Waals surface area contributed by atoms with Crippen molar-refractivity contribution in [1.82, 2.24) is 20.2 Å². The Morgan fingerprint density at radius 2 is 2.07 bits per heavy atom. The van der Waals surface area contributed by atoms with Crippen molar-refractivity contribution < 1.29 is 13.9 Å². The molecule has 0 amide bonds. The summed E-state index contributed by atoms with van der Waals surface area (Å²) in [6.45, 7) is 1.75. The standard InChI is InChI=1S/C21H19ClN4O3S/c22-15-1-4-19(23-11-15)30-21-18(25-20(29-21)13-5-7-27-8-6-13)12-28-16-2-3-17-14(9-16)10-24-26-17/h1-4,9-11,13H,5-8,12H2,(H,24,26). The van der Waals surface area contributed by atoms with E-state index in [2.05, 4.69) is 15.2 Å². The summed E-state index contributed by atoms with van der Waals surface area (Å²) >= 11 is 7.38. The van der Waals surface area contributed by atoms with Gasteiger partial charge in [0, 0.05) is 30.7 Å². The smallest absolute Gasteiger partial charge is 0.199 e. The molecule has 3 aromatic heterocycles. The van der Waals surface area contributed by atoms with Crippen LogP contribution >= 0.6 is 23.4 Å². The van der Waals surface area contributed by atoms with Crippen molar-refractivity contribution in [3.05, 3.63) is 59.3 Å². The van der Waals surface area contributed by atoms with E-state index in [4.69, 9.17) is 30.5 Å². The summed E-state index contributed by atoms with van der Waals surface area (Å²) in [5.41, 5.74) is 1.72. The summed E-state index contributed by atoms with van der Waals surface area (Å²) in [6.07, 6.45) is 5.20. The first-order valence-corrected chi connectivity index (χ1v) is 10.9. The van der Waals surface area contributed by atoms with Crippen LogP contribution in [0.4, 0.5) is 0 Å². The minimum atomic E-state index is 0.257. The molecule has 1 fully saturated rings. The number of aromatic amines is 1. The van der Waals surface area contributed by atoms with Crippen molar-refractivity contribution >= 4 is 34.3 Å². The minimum absolute atomic E-state index is 0.257. The van der Waals surface area contributed by atoms with Crippen molar-refractivity contribution in [2.45, 2.75) is 35.5 Å². The van der Waals surface area contributed by atoms with E-state index in [1.807, 2.05) is 30.3 Å². The van der Waals surface area contributed by atoms with Gasteiger partial charge < -0.3 is 13.9 Å². The van der Waals surface area contributed by atoms with Crippen LogP contribution in [0.1, 0.15) is 30.3 Å². The quantitative estimate of drug-likeness (QED) is 0.437. The molecular formula is C21H19ClN4O3S. The molecule has 1 saturated heterocycles. The second-order valence-electron chi connectivity index (χ2n) is 7.00. The fraction of sp³-hybridized carbons (Fsp3) is 0.286. The van der Waals surface area contributed by atoms with Gasteiger partial charge in [0.25, 0.3) is 0 Å². The second-order valence-corrected chi connectivity index (χ2v) is 8.43. The number of benzene rings is 1. The molecule has 7 nitrogen and oxygen atoms in total. The van der Waals surface area contributed by atoms with Crippen LogP contribution in [0.2, 0.25) is 5.02 Å².